The summed E-state index contributed by atoms with van der Waals surface area (Å²) in [6, 6.07) is 7.85. The van der Waals surface area contributed by atoms with Crippen molar-refractivity contribution in [1.82, 2.24) is 0 Å². The van der Waals surface area contributed by atoms with Crippen LogP contribution in [0, 0.1) is 10.3 Å². The molecule has 4 heteroatoms. The van der Waals surface area contributed by atoms with Crippen LogP contribution in [0.25, 0.3) is 0 Å². The zero-order valence-corrected chi connectivity index (χ0v) is 12.8. The number of nitroso groups, excluding NO2 is 1. The van der Waals surface area contributed by atoms with E-state index in [4.69, 9.17) is 9.84 Å². The standard InChI is InChI=1S/C18H23NO3/c20-17(19-21)7-4-14-2-5-16(6-3-14)22-13-15-8-11-18(12-15)9-1-10-18/h2-3,5-6,12,17,20H,1,4,7-11,13H2. The normalized spacial score (nSPS) is 20.3. The molecule has 0 heterocycles. The van der Waals surface area contributed by atoms with E-state index in [0.717, 1.165) is 11.3 Å². The van der Waals surface area contributed by atoms with Gasteiger partial charge < -0.3 is 9.84 Å². The lowest BCUT2D eigenvalue weighted by Crippen LogP contribution is -2.23. The van der Waals surface area contributed by atoms with Crippen LogP contribution in [0.2, 0.25) is 0 Å². The van der Waals surface area contributed by atoms with Crippen molar-refractivity contribution in [2.24, 2.45) is 10.6 Å². The zero-order valence-electron chi connectivity index (χ0n) is 12.8. The van der Waals surface area contributed by atoms with Crippen molar-refractivity contribution < 1.29 is 9.84 Å². The van der Waals surface area contributed by atoms with Gasteiger partial charge in [-0.1, -0.05) is 24.6 Å². The number of hydrogen-bond acceptors (Lipinski definition) is 4. The van der Waals surface area contributed by atoms with Crippen molar-refractivity contribution in [1.29, 1.82) is 0 Å². The lowest BCUT2D eigenvalue weighted by Gasteiger charge is -2.36. The maximum Gasteiger partial charge on any atom is 0.187 e. The predicted molar refractivity (Wildman–Crippen MR) is 85.7 cm³/mol. The number of hydrogen-bond donors (Lipinski definition) is 1. The maximum absolute atomic E-state index is 10.1. The van der Waals surface area contributed by atoms with Gasteiger partial charge in [-0.25, -0.2) is 0 Å². The van der Waals surface area contributed by atoms with Crippen molar-refractivity contribution in [3.8, 4) is 5.75 Å². The highest BCUT2D eigenvalue weighted by Gasteiger charge is 2.38. The molecule has 0 radical (unpaired) electrons. The SMILES string of the molecule is O=NC(O)CCc1ccc(OCC2=CC3(CCC3)CC2)cc1. The molecule has 0 amide bonds. The van der Waals surface area contributed by atoms with Crippen molar-refractivity contribution in [3.05, 3.63) is 46.4 Å². The summed E-state index contributed by atoms with van der Waals surface area (Å²) in [5.41, 5.74) is 3.03. The number of ether oxygens (including phenoxy) is 1. The Morgan fingerprint density at radius 2 is 2.00 bits per heavy atom. The Morgan fingerprint density at radius 1 is 1.23 bits per heavy atom. The summed E-state index contributed by atoms with van der Waals surface area (Å²) >= 11 is 0. The molecule has 0 bridgehead atoms. The lowest BCUT2D eigenvalue weighted by molar-refractivity contribution is 0.173. The molecule has 1 N–H and O–H groups in total. The summed E-state index contributed by atoms with van der Waals surface area (Å²) in [5.74, 6) is 0.869. The van der Waals surface area contributed by atoms with Gasteiger partial charge in [-0.2, -0.15) is 0 Å². The Balaban J connectivity index is 1.47. The Kier molecular flexibility index (Phi) is 4.57. The fourth-order valence-corrected chi connectivity index (χ4v) is 3.40. The van der Waals surface area contributed by atoms with Gasteiger partial charge in [-0.05, 0) is 66.0 Å². The number of benzene rings is 1. The average molecular weight is 301 g/mol. The third-order valence-electron chi connectivity index (χ3n) is 4.96. The number of rotatable bonds is 7. The summed E-state index contributed by atoms with van der Waals surface area (Å²) in [6.45, 7) is 0.689. The molecule has 1 saturated carbocycles. The molecule has 2 aliphatic carbocycles. The van der Waals surface area contributed by atoms with Crippen LogP contribution in [0.15, 0.2) is 41.1 Å². The highest BCUT2D eigenvalue weighted by Crippen LogP contribution is 2.51. The monoisotopic (exact) mass is 301 g/mol. The Morgan fingerprint density at radius 3 is 2.59 bits per heavy atom. The largest absolute Gasteiger partial charge is 0.489 e. The Labute approximate surface area is 131 Å². The summed E-state index contributed by atoms with van der Waals surface area (Å²) in [5, 5.41) is 11.7. The highest BCUT2D eigenvalue weighted by molar-refractivity contribution is 5.28. The summed E-state index contributed by atoms with van der Waals surface area (Å²) < 4.78 is 5.87. The van der Waals surface area contributed by atoms with Crippen LogP contribution in [-0.4, -0.2) is 17.9 Å². The fourth-order valence-electron chi connectivity index (χ4n) is 3.40. The zero-order chi connectivity index (χ0) is 15.4. The van der Waals surface area contributed by atoms with Crippen molar-refractivity contribution >= 4 is 0 Å². The van der Waals surface area contributed by atoms with E-state index in [-0.39, 0.29) is 0 Å². The molecule has 1 atom stereocenters. The van der Waals surface area contributed by atoms with Crippen LogP contribution in [0.5, 0.6) is 5.75 Å². The van der Waals surface area contributed by atoms with E-state index in [1.165, 1.54) is 37.7 Å². The van der Waals surface area contributed by atoms with Crippen LogP contribution in [0.3, 0.4) is 0 Å². The van der Waals surface area contributed by atoms with Crippen LogP contribution >= 0.6 is 0 Å². The second-order valence-electron chi connectivity index (χ2n) is 6.58. The molecule has 1 aromatic rings. The van der Waals surface area contributed by atoms with Gasteiger partial charge >= 0.3 is 0 Å². The lowest BCUT2D eigenvalue weighted by atomic mass is 9.69. The second-order valence-corrected chi connectivity index (χ2v) is 6.58. The van der Waals surface area contributed by atoms with Gasteiger partial charge in [-0.15, -0.1) is 4.91 Å². The minimum atomic E-state index is -1.11. The van der Waals surface area contributed by atoms with Gasteiger partial charge in [0.15, 0.2) is 6.23 Å². The van der Waals surface area contributed by atoms with E-state index >= 15 is 0 Å². The second kappa shape index (κ2) is 6.61. The molecule has 4 nitrogen and oxygen atoms in total. The van der Waals surface area contributed by atoms with Gasteiger partial charge in [0.25, 0.3) is 0 Å². The smallest absolute Gasteiger partial charge is 0.187 e. The van der Waals surface area contributed by atoms with E-state index in [0.29, 0.717) is 24.9 Å². The quantitative estimate of drug-likeness (QED) is 0.612. The van der Waals surface area contributed by atoms with E-state index in [1.807, 2.05) is 24.3 Å². The topological polar surface area (TPSA) is 58.9 Å². The molecule has 0 aliphatic heterocycles. The first-order valence-corrected chi connectivity index (χ1v) is 8.12. The van der Waals surface area contributed by atoms with Gasteiger partial charge in [0.1, 0.15) is 12.4 Å². The Bertz CT molecular complexity index is 546. The molecular formula is C18H23NO3. The molecule has 1 aromatic carbocycles. The van der Waals surface area contributed by atoms with E-state index in [9.17, 15) is 4.91 Å². The number of aliphatic hydroxyl groups is 1. The van der Waals surface area contributed by atoms with Gasteiger partial charge in [0.05, 0.1) is 0 Å². The van der Waals surface area contributed by atoms with Crippen LogP contribution in [0.1, 0.15) is 44.1 Å². The molecule has 118 valence electrons. The molecule has 3 rings (SSSR count). The first-order chi connectivity index (χ1) is 10.7. The third-order valence-corrected chi connectivity index (χ3v) is 4.96. The van der Waals surface area contributed by atoms with Gasteiger partial charge in [-0.3, -0.25) is 0 Å². The fraction of sp³-hybridized carbons (Fsp3) is 0.556. The highest BCUT2D eigenvalue weighted by atomic mass is 16.5. The molecule has 2 aliphatic rings. The molecule has 1 unspecified atom stereocenters. The number of aryl methyl sites for hydroxylation is 1. The maximum atomic E-state index is 10.1. The van der Waals surface area contributed by atoms with Crippen LogP contribution < -0.4 is 4.74 Å². The summed E-state index contributed by atoms with van der Waals surface area (Å²) in [4.78, 5) is 10.1. The van der Waals surface area contributed by atoms with Crippen molar-refractivity contribution in [2.45, 2.75) is 51.2 Å². The average Bonchev–Trinajstić information content (AvgIpc) is 2.96. The first-order valence-electron chi connectivity index (χ1n) is 8.12. The van der Waals surface area contributed by atoms with Crippen LogP contribution in [-0.2, 0) is 6.42 Å². The summed E-state index contributed by atoms with van der Waals surface area (Å²) in [7, 11) is 0. The first kappa shape index (κ1) is 15.2. The van der Waals surface area contributed by atoms with Crippen LogP contribution in [0.4, 0.5) is 0 Å². The third kappa shape index (κ3) is 3.55. The van der Waals surface area contributed by atoms with Crippen molar-refractivity contribution in [3.63, 3.8) is 0 Å². The van der Waals surface area contributed by atoms with E-state index < -0.39 is 6.23 Å². The molecule has 1 fully saturated rings. The number of allylic oxidation sites excluding steroid dienone is 1. The van der Waals surface area contributed by atoms with E-state index in [2.05, 4.69) is 11.3 Å². The van der Waals surface area contributed by atoms with Gasteiger partial charge in [0, 0.05) is 6.42 Å². The van der Waals surface area contributed by atoms with Crippen molar-refractivity contribution in [2.75, 3.05) is 6.61 Å². The predicted octanol–water partition coefficient (Wildman–Crippen LogP) is 3.97. The minimum Gasteiger partial charge on any atom is -0.489 e. The summed E-state index contributed by atoms with van der Waals surface area (Å²) in [6.07, 6.45) is 8.91. The molecule has 22 heavy (non-hydrogen) atoms. The number of aliphatic hydroxyl groups excluding tert-OH is 1. The Hall–Kier alpha value is -1.68. The molecule has 0 aromatic heterocycles. The minimum absolute atomic E-state index is 0.360. The number of nitrogens with zero attached hydrogens (tertiary/aromatic N) is 1. The van der Waals surface area contributed by atoms with E-state index in [1.54, 1.807) is 0 Å². The molecule has 1 spiro atoms. The van der Waals surface area contributed by atoms with Gasteiger partial charge in [0.2, 0.25) is 0 Å². The molecule has 0 saturated heterocycles. The molecular weight excluding hydrogens is 278 g/mol.